The van der Waals surface area contributed by atoms with E-state index in [1.165, 1.54) is 0 Å². The molecule has 0 saturated carbocycles. The maximum atomic E-state index is 11.0. The van der Waals surface area contributed by atoms with Crippen LogP contribution in [0.1, 0.15) is 28.6 Å². The van der Waals surface area contributed by atoms with Gasteiger partial charge in [0.05, 0.1) is 21.2 Å². The molecule has 1 rings (SSSR count). The van der Waals surface area contributed by atoms with Crippen molar-refractivity contribution in [1.29, 1.82) is 0 Å². The fourth-order valence-electron chi connectivity index (χ4n) is 1.87. The summed E-state index contributed by atoms with van der Waals surface area (Å²) in [5.74, 6) is -1.34. The van der Waals surface area contributed by atoms with Gasteiger partial charge < -0.3 is 19.3 Å². The number of carboxylic acids is 1. The van der Waals surface area contributed by atoms with Gasteiger partial charge in [-0.25, -0.2) is 4.79 Å². The quantitative estimate of drug-likeness (QED) is 0.491. The number of hydrogen-bond donors (Lipinski definition) is 1. The molecule has 1 N–H and O–H groups in total. The molecule has 5 nitrogen and oxygen atoms in total. The fourth-order valence-corrected chi connectivity index (χ4v) is 1.87. The maximum absolute atomic E-state index is 11.0. The van der Waals surface area contributed by atoms with E-state index in [4.69, 9.17) is 20.7 Å². The van der Waals surface area contributed by atoms with E-state index in [0.717, 1.165) is 0 Å². The number of epoxide rings is 1. The van der Waals surface area contributed by atoms with Gasteiger partial charge in [-0.1, -0.05) is 6.92 Å². The van der Waals surface area contributed by atoms with Crippen LogP contribution in [0.4, 0.5) is 0 Å². The Morgan fingerprint density at radius 1 is 1.53 bits per heavy atom. The minimum Gasteiger partial charge on any atom is -0.479 e. The van der Waals surface area contributed by atoms with Gasteiger partial charge in [0.1, 0.15) is 5.60 Å². The summed E-state index contributed by atoms with van der Waals surface area (Å²) in [6.45, 7) is 7.54. The van der Waals surface area contributed by atoms with E-state index in [1.54, 1.807) is 6.92 Å². The van der Waals surface area contributed by atoms with Crippen molar-refractivity contribution >= 4 is 5.97 Å². The molecule has 0 bridgehead atoms. The molecular weight excluding hydrogens is 224 g/mol. The SMILES string of the molecule is [2H]C1(C(=O)O)OC1(C)C(CC)COCCOCC. The molecule has 100 valence electrons. The Hall–Kier alpha value is -0.650. The Kier molecular flexibility index (Phi) is 4.76. The molecule has 0 radical (unpaired) electrons. The second-order valence-electron chi connectivity index (χ2n) is 4.22. The molecule has 3 unspecified atom stereocenters. The summed E-state index contributed by atoms with van der Waals surface area (Å²) >= 11 is 0. The summed E-state index contributed by atoms with van der Waals surface area (Å²) in [5.41, 5.74) is -0.959. The highest BCUT2D eigenvalue weighted by Crippen LogP contribution is 2.44. The van der Waals surface area contributed by atoms with E-state index in [2.05, 4.69) is 0 Å². The highest BCUT2D eigenvalue weighted by molar-refractivity contribution is 5.77. The standard InChI is InChI=1S/C12H22O5/c1-4-9(8-16-7-6-15-5-2)12(3)10(17-12)11(13)14/h9-10H,4-8H2,1-3H3,(H,13,14)/i10D. The number of carbonyl (C=O) groups is 1. The molecule has 1 heterocycles. The number of rotatable bonds is 9. The third-order valence-corrected chi connectivity index (χ3v) is 3.08. The number of hydrogen-bond acceptors (Lipinski definition) is 4. The fraction of sp³-hybridized carbons (Fsp3) is 0.917. The molecule has 1 fully saturated rings. The van der Waals surface area contributed by atoms with E-state index < -0.39 is 17.7 Å². The summed E-state index contributed by atoms with van der Waals surface area (Å²) in [6, 6.07) is 0. The van der Waals surface area contributed by atoms with Crippen molar-refractivity contribution in [3.8, 4) is 0 Å². The minimum absolute atomic E-state index is 0.104. The normalized spacial score (nSPS) is 34.2. The molecule has 5 heteroatoms. The highest BCUT2D eigenvalue weighted by Gasteiger charge is 2.61. The lowest BCUT2D eigenvalue weighted by Crippen LogP contribution is -2.30. The van der Waals surface area contributed by atoms with Gasteiger partial charge in [0.25, 0.3) is 0 Å². The first-order chi connectivity index (χ1) is 8.42. The third kappa shape index (κ3) is 3.66. The van der Waals surface area contributed by atoms with Gasteiger partial charge in [0.15, 0.2) is 6.08 Å². The van der Waals surface area contributed by atoms with Crippen molar-refractivity contribution in [3.05, 3.63) is 0 Å². The lowest BCUT2D eigenvalue weighted by atomic mass is 9.89. The Balaban J connectivity index is 2.41. The Bertz CT molecular complexity index is 298. The average Bonchev–Trinajstić information content (AvgIpc) is 2.89. The first-order valence-electron chi connectivity index (χ1n) is 6.51. The smallest absolute Gasteiger partial charge is 0.335 e. The van der Waals surface area contributed by atoms with Crippen LogP contribution >= 0.6 is 0 Å². The molecule has 1 saturated heterocycles. The molecule has 0 aliphatic carbocycles. The largest absolute Gasteiger partial charge is 0.479 e. The highest BCUT2D eigenvalue weighted by atomic mass is 16.6. The van der Waals surface area contributed by atoms with E-state index >= 15 is 0 Å². The van der Waals surface area contributed by atoms with Crippen LogP contribution in [0.2, 0.25) is 0 Å². The number of ether oxygens (including phenoxy) is 3. The molecular formula is C12H22O5. The second-order valence-corrected chi connectivity index (χ2v) is 4.22. The van der Waals surface area contributed by atoms with Gasteiger partial charge in [0.2, 0.25) is 0 Å². The van der Waals surface area contributed by atoms with E-state index in [9.17, 15) is 4.79 Å². The zero-order valence-corrected chi connectivity index (χ0v) is 10.7. The van der Waals surface area contributed by atoms with Crippen LogP contribution in [0.25, 0.3) is 0 Å². The monoisotopic (exact) mass is 247 g/mol. The van der Waals surface area contributed by atoms with Crippen molar-refractivity contribution in [1.82, 2.24) is 0 Å². The van der Waals surface area contributed by atoms with Crippen molar-refractivity contribution in [2.24, 2.45) is 5.92 Å². The zero-order valence-electron chi connectivity index (χ0n) is 11.7. The second kappa shape index (κ2) is 6.33. The first kappa shape index (κ1) is 12.8. The van der Waals surface area contributed by atoms with E-state index in [-0.39, 0.29) is 5.92 Å². The van der Waals surface area contributed by atoms with Crippen LogP contribution in [0, 0.1) is 5.92 Å². The topological polar surface area (TPSA) is 68.3 Å². The Morgan fingerprint density at radius 2 is 2.18 bits per heavy atom. The summed E-state index contributed by atoms with van der Waals surface area (Å²) in [6.07, 6.45) is -1.12. The van der Waals surface area contributed by atoms with Gasteiger partial charge >= 0.3 is 5.97 Å². The van der Waals surface area contributed by atoms with Crippen LogP contribution < -0.4 is 0 Å². The number of carboxylic acid groups (broad SMARTS) is 1. The molecule has 0 aromatic heterocycles. The Morgan fingerprint density at radius 3 is 2.65 bits per heavy atom. The van der Waals surface area contributed by atoms with Crippen LogP contribution in [0.3, 0.4) is 0 Å². The molecule has 1 aliphatic heterocycles. The lowest BCUT2D eigenvalue weighted by Gasteiger charge is -2.19. The zero-order chi connectivity index (χ0) is 13.8. The average molecular weight is 247 g/mol. The van der Waals surface area contributed by atoms with Crippen molar-refractivity contribution in [2.75, 3.05) is 26.4 Å². The van der Waals surface area contributed by atoms with Crippen LogP contribution in [0.5, 0.6) is 0 Å². The van der Waals surface area contributed by atoms with Crippen LogP contribution in [-0.2, 0) is 19.0 Å². The van der Waals surface area contributed by atoms with Gasteiger partial charge in [-0.05, 0) is 20.3 Å². The molecule has 0 aromatic carbocycles. The summed E-state index contributed by atoms with van der Waals surface area (Å²) in [4.78, 5) is 11.0. The van der Waals surface area contributed by atoms with Crippen LogP contribution in [-0.4, -0.2) is 49.2 Å². The van der Waals surface area contributed by atoms with Crippen molar-refractivity contribution in [3.63, 3.8) is 0 Å². The molecule has 0 aromatic rings. The summed E-state index contributed by atoms with van der Waals surface area (Å²) in [5, 5.41) is 8.96. The lowest BCUT2D eigenvalue weighted by molar-refractivity contribution is -0.138. The molecule has 0 amide bonds. The summed E-state index contributed by atoms with van der Waals surface area (Å²) in [7, 11) is 0. The van der Waals surface area contributed by atoms with E-state index in [1.807, 2.05) is 13.8 Å². The van der Waals surface area contributed by atoms with Gasteiger partial charge in [0, 0.05) is 12.5 Å². The Labute approximate surface area is 103 Å². The van der Waals surface area contributed by atoms with Gasteiger partial charge in [-0.2, -0.15) is 0 Å². The van der Waals surface area contributed by atoms with Crippen molar-refractivity contribution < 1.29 is 25.5 Å². The minimum atomic E-state index is -1.82. The first-order valence-corrected chi connectivity index (χ1v) is 6.01. The van der Waals surface area contributed by atoms with Crippen molar-refractivity contribution in [2.45, 2.75) is 38.9 Å². The van der Waals surface area contributed by atoms with E-state index in [0.29, 0.717) is 32.8 Å². The van der Waals surface area contributed by atoms with Gasteiger partial charge in [-0.15, -0.1) is 0 Å². The van der Waals surface area contributed by atoms with Gasteiger partial charge in [-0.3, -0.25) is 0 Å². The predicted octanol–water partition coefficient (Wildman–Crippen LogP) is 1.31. The molecule has 17 heavy (non-hydrogen) atoms. The predicted molar refractivity (Wildman–Crippen MR) is 62.0 cm³/mol. The molecule has 0 spiro atoms. The number of aliphatic carboxylic acids is 1. The molecule has 1 aliphatic rings. The van der Waals surface area contributed by atoms with Crippen LogP contribution in [0.15, 0.2) is 0 Å². The third-order valence-electron chi connectivity index (χ3n) is 3.08. The summed E-state index contributed by atoms with van der Waals surface area (Å²) < 4.78 is 23.5. The molecule has 3 atom stereocenters. The maximum Gasteiger partial charge on any atom is 0.335 e.